The first-order valence-corrected chi connectivity index (χ1v) is 5.97. The molecule has 18 heavy (non-hydrogen) atoms. The quantitative estimate of drug-likeness (QED) is 0.816. The molecule has 5 heteroatoms. The van der Waals surface area contributed by atoms with Crippen LogP contribution in [0, 0.1) is 5.82 Å². The van der Waals surface area contributed by atoms with Gasteiger partial charge in [-0.15, -0.1) is 0 Å². The van der Waals surface area contributed by atoms with E-state index >= 15 is 0 Å². The molecule has 0 aliphatic rings. The molecule has 0 amide bonds. The van der Waals surface area contributed by atoms with Crippen LogP contribution in [0.5, 0.6) is 0 Å². The van der Waals surface area contributed by atoms with Crippen LogP contribution >= 0.6 is 15.9 Å². The molecule has 1 aromatic heterocycles. The molecule has 1 aromatic carbocycles. The Labute approximate surface area is 112 Å². The van der Waals surface area contributed by atoms with Gasteiger partial charge >= 0.3 is 5.97 Å². The summed E-state index contributed by atoms with van der Waals surface area (Å²) >= 11 is 3.18. The fourth-order valence-corrected chi connectivity index (χ4v) is 1.73. The van der Waals surface area contributed by atoms with Crippen LogP contribution in [0.15, 0.2) is 47.2 Å². The van der Waals surface area contributed by atoms with E-state index in [0.717, 1.165) is 5.56 Å². The van der Waals surface area contributed by atoms with Crippen LogP contribution in [0.3, 0.4) is 0 Å². The van der Waals surface area contributed by atoms with Crippen molar-refractivity contribution in [1.29, 1.82) is 0 Å². The molecule has 0 aliphatic carbocycles. The average molecular weight is 310 g/mol. The van der Waals surface area contributed by atoms with Gasteiger partial charge in [-0.1, -0.05) is 22.0 Å². The van der Waals surface area contributed by atoms with Gasteiger partial charge in [-0.3, -0.25) is 4.98 Å². The van der Waals surface area contributed by atoms with Crippen LogP contribution in [-0.4, -0.2) is 11.0 Å². The first kappa shape index (κ1) is 12.7. The molecule has 0 N–H and O–H groups in total. The highest BCUT2D eigenvalue weighted by molar-refractivity contribution is 9.10. The van der Waals surface area contributed by atoms with Gasteiger partial charge in [0.05, 0.1) is 5.56 Å². The maximum Gasteiger partial charge on any atom is 0.341 e. The third-order valence-electron chi connectivity index (χ3n) is 2.24. The van der Waals surface area contributed by atoms with E-state index in [-0.39, 0.29) is 12.2 Å². The fourth-order valence-electron chi connectivity index (χ4n) is 1.36. The number of hydrogen-bond donors (Lipinski definition) is 0. The number of carbonyl (C=O) groups excluding carboxylic acids is 1. The molecule has 2 aromatic rings. The lowest BCUT2D eigenvalue weighted by Gasteiger charge is -2.05. The van der Waals surface area contributed by atoms with Crippen LogP contribution < -0.4 is 0 Å². The van der Waals surface area contributed by atoms with E-state index in [1.165, 1.54) is 18.2 Å². The van der Waals surface area contributed by atoms with Gasteiger partial charge in [0.2, 0.25) is 0 Å². The van der Waals surface area contributed by atoms with Crippen molar-refractivity contribution in [2.75, 3.05) is 0 Å². The maximum absolute atomic E-state index is 13.4. The normalized spacial score (nSPS) is 10.1. The van der Waals surface area contributed by atoms with Crippen molar-refractivity contribution >= 4 is 21.9 Å². The third kappa shape index (κ3) is 3.13. The predicted molar refractivity (Wildman–Crippen MR) is 67.5 cm³/mol. The van der Waals surface area contributed by atoms with Gasteiger partial charge in [-0.25, -0.2) is 9.18 Å². The monoisotopic (exact) mass is 309 g/mol. The van der Waals surface area contributed by atoms with Crippen LogP contribution in [0.25, 0.3) is 0 Å². The Balaban J connectivity index is 2.06. The van der Waals surface area contributed by atoms with Crippen molar-refractivity contribution in [3.05, 3.63) is 64.1 Å². The summed E-state index contributed by atoms with van der Waals surface area (Å²) in [5, 5.41) is 0. The van der Waals surface area contributed by atoms with E-state index in [9.17, 15) is 9.18 Å². The third-order valence-corrected chi connectivity index (χ3v) is 2.73. The average Bonchev–Trinajstić information content (AvgIpc) is 2.40. The molecule has 1 heterocycles. The summed E-state index contributed by atoms with van der Waals surface area (Å²) in [6.45, 7) is 0.0681. The Morgan fingerprint density at radius 3 is 2.94 bits per heavy atom. The minimum Gasteiger partial charge on any atom is -0.457 e. The summed E-state index contributed by atoms with van der Waals surface area (Å²) in [4.78, 5) is 15.6. The summed E-state index contributed by atoms with van der Waals surface area (Å²) in [7, 11) is 0. The predicted octanol–water partition coefficient (Wildman–Crippen LogP) is 3.34. The number of hydrogen-bond acceptors (Lipinski definition) is 3. The molecule has 0 atom stereocenters. The minimum atomic E-state index is -0.697. The van der Waals surface area contributed by atoms with E-state index in [1.54, 1.807) is 24.5 Å². The van der Waals surface area contributed by atoms with E-state index in [2.05, 4.69) is 20.9 Å². The minimum absolute atomic E-state index is 0.0681. The van der Waals surface area contributed by atoms with Crippen molar-refractivity contribution in [2.24, 2.45) is 0 Å². The highest BCUT2D eigenvalue weighted by Gasteiger charge is 2.13. The molecule has 3 nitrogen and oxygen atoms in total. The Bertz CT molecular complexity index is 560. The number of pyridine rings is 1. The number of aromatic nitrogens is 1. The molecule has 0 fully saturated rings. The van der Waals surface area contributed by atoms with Gasteiger partial charge in [-0.2, -0.15) is 0 Å². The smallest absolute Gasteiger partial charge is 0.341 e. The van der Waals surface area contributed by atoms with E-state index in [4.69, 9.17) is 4.74 Å². The van der Waals surface area contributed by atoms with Gasteiger partial charge in [0.25, 0.3) is 0 Å². The lowest BCUT2D eigenvalue weighted by molar-refractivity contribution is 0.0467. The van der Waals surface area contributed by atoms with Crippen molar-refractivity contribution in [1.82, 2.24) is 4.98 Å². The van der Waals surface area contributed by atoms with Crippen LogP contribution in [0.2, 0.25) is 0 Å². The van der Waals surface area contributed by atoms with Crippen LogP contribution in [0.4, 0.5) is 4.39 Å². The Morgan fingerprint density at radius 1 is 1.39 bits per heavy atom. The molecule has 0 unspecified atom stereocenters. The largest absolute Gasteiger partial charge is 0.457 e. The summed E-state index contributed by atoms with van der Waals surface area (Å²) in [5.74, 6) is -1.30. The molecule has 0 spiro atoms. The number of nitrogens with zero attached hydrogens (tertiary/aromatic N) is 1. The molecular formula is C13H9BrFNO2. The second-order valence-electron chi connectivity index (χ2n) is 3.56. The number of benzene rings is 1. The molecule has 0 bridgehead atoms. The lowest BCUT2D eigenvalue weighted by atomic mass is 10.2. The topological polar surface area (TPSA) is 39.2 Å². The van der Waals surface area contributed by atoms with E-state index < -0.39 is 11.8 Å². The summed E-state index contributed by atoms with van der Waals surface area (Å²) < 4.78 is 19.0. The Kier molecular flexibility index (Phi) is 4.04. The summed E-state index contributed by atoms with van der Waals surface area (Å²) in [6, 6.07) is 7.64. The number of halogens is 2. The van der Waals surface area contributed by atoms with E-state index in [0.29, 0.717) is 4.47 Å². The zero-order valence-electron chi connectivity index (χ0n) is 9.27. The van der Waals surface area contributed by atoms with Gasteiger partial charge in [0.1, 0.15) is 12.4 Å². The zero-order valence-corrected chi connectivity index (χ0v) is 10.9. The zero-order chi connectivity index (χ0) is 13.0. The molecule has 0 saturated heterocycles. The van der Waals surface area contributed by atoms with Crippen molar-refractivity contribution < 1.29 is 13.9 Å². The Morgan fingerprint density at radius 2 is 2.22 bits per heavy atom. The lowest BCUT2D eigenvalue weighted by Crippen LogP contribution is -2.07. The first-order valence-electron chi connectivity index (χ1n) is 5.18. The van der Waals surface area contributed by atoms with Crippen molar-refractivity contribution in [3.8, 4) is 0 Å². The fraction of sp³-hybridized carbons (Fsp3) is 0.0769. The molecular weight excluding hydrogens is 301 g/mol. The molecule has 0 radical (unpaired) electrons. The summed E-state index contributed by atoms with van der Waals surface area (Å²) in [5.41, 5.74) is 0.662. The second-order valence-corrected chi connectivity index (χ2v) is 4.48. The molecule has 92 valence electrons. The molecule has 2 rings (SSSR count). The molecule has 0 saturated carbocycles. The number of ether oxygens (including phenoxy) is 1. The SMILES string of the molecule is O=C(OCc1cccnc1)c1cc(Br)ccc1F. The maximum atomic E-state index is 13.4. The number of carbonyl (C=O) groups is 1. The van der Waals surface area contributed by atoms with Gasteiger partial charge in [-0.05, 0) is 24.3 Å². The highest BCUT2D eigenvalue weighted by atomic mass is 79.9. The van der Waals surface area contributed by atoms with Crippen molar-refractivity contribution in [2.45, 2.75) is 6.61 Å². The van der Waals surface area contributed by atoms with Gasteiger partial charge in [0, 0.05) is 22.4 Å². The molecule has 0 aliphatic heterocycles. The van der Waals surface area contributed by atoms with Gasteiger partial charge < -0.3 is 4.74 Å². The summed E-state index contributed by atoms with van der Waals surface area (Å²) in [6.07, 6.45) is 3.21. The standard InChI is InChI=1S/C13H9BrFNO2/c14-10-3-4-12(15)11(6-10)13(17)18-8-9-2-1-5-16-7-9/h1-7H,8H2. The van der Waals surface area contributed by atoms with Crippen molar-refractivity contribution in [3.63, 3.8) is 0 Å². The van der Waals surface area contributed by atoms with E-state index in [1.807, 2.05) is 0 Å². The Hall–Kier alpha value is -1.75. The first-order chi connectivity index (χ1) is 8.66. The number of rotatable bonds is 3. The van der Waals surface area contributed by atoms with Crippen LogP contribution in [-0.2, 0) is 11.3 Å². The number of esters is 1. The van der Waals surface area contributed by atoms with Gasteiger partial charge in [0.15, 0.2) is 0 Å². The highest BCUT2D eigenvalue weighted by Crippen LogP contribution is 2.16. The van der Waals surface area contributed by atoms with Crippen LogP contribution in [0.1, 0.15) is 15.9 Å². The second kappa shape index (κ2) is 5.73.